The van der Waals surface area contributed by atoms with Gasteiger partial charge in [-0.05, 0) is 35.7 Å². The van der Waals surface area contributed by atoms with Crippen LogP contribution in [0.4, 0.5) is 26.3 Å². The van der Waals surface area contributed by atoms with Crippen LogP contribution < -0.4 is 4.43 Å². The molecule has 2 aromatic carbocycles. The van der Waals surface area contributed by atoms with Gasteiger partial charge in [-0.3, -0.25) is 0 Å². The molecule has 1 fully saturated rings. The van der Waals surface area contributed by atoms with Crippen molar-refractivity contribution in [3.63, 3.8) is 0 Å². The number of hydrogen-bond donors (Lipinski definition) is 0. The van der Waals surface area contributed by atoms with Crippen LogP contribution in [0.15, 0.2) is 6.07 Å². The van der Waals surface area contributed by atoms with Crippen molar-refractivity contribution in [3.05, 3.63) is 41.0 Å². The van der Waals surface area contributed by atoms with Gasteiger partial charge < -0.3 is 4.43 Å². The average Bonchev–Trinajstić information content (AvgIpc) is 2.86. The number of hydrogen-bond acceptors (Lipinski definition) is 1. The summed E-state index contributed by atoms with van der Waals surface area (Å²) >= 11 is 0. The van der Waals surface area contributed by atoms with Crippen LogP contribution >= 0.6 is 0 Å². The minimum atomic E-state index is -2.97. The Morgan fingerprint density at radius 2 is 1.34 bits per heavy atom. The molecule has 9 heteroatoms. The Morgan fingerprint density at radius 3 is 1.86 bits per heavy atom. The van der Waals surface area contributed by atoms with E-state index in [2.05, 4.69) is 20.8 Å². The van der Waals surface area contributed by atoms with Gasteiger partial charge in [-0.2, -0.15) is 4.39 Å². The van der Waals surface area contributed by atoms with Crippen molar-refractivity contribution in [3.8, 4) is 5.75 Å². The normalized spacial score (nSPS) is 17.3. The van der Waals surface area contributed by atoms with Crippen LogP contribution in [0.25, 0.3) is 10.8 Å². The van der Waals surface area contributed by atoms with Gasteiger partial charge in [0, 0.05) is 5.39 Å². The standard InChI is InChI=1S/C26H36F6OSi2/c1-6-34(7-2,8-3)15-35(16(4)5,17-12-10-9-11-13-17)33-26-21(28)18-14-19(27)22(29)23(30)20(18)24(31)25(26)32/h14,16-17H,6-13,15H2,1-5H3. The Kier molecular flexibility index (Phi) is 8.72. The Hall–Kier alpha value is -1.49. The summed E-state index contributed by atoms with van der Waals surface area (Å²) in [6.07, 6.45) is 4.87. The maximum absolute atomic E-state index is 15.7. The van der Waals surface area contributed by atoms with Crippen molar-refractivity contribution in [1.82, 2.24) is 0 Å². The molecule has 0 heterocycles. The smallest absolute Gasteiger partial charge is 0.254 e. The van der Waals surface area contributed by atoms with E-state index in [9.17, 15) is 13.2 Å². The monoisotopic (exact) mass is 534 g/mol. The van der Waals surface area contributed by atoms with Gasteiger partial charge in [0.1, 0.15) is 0 Å². The summed E-state index contributed by atoms with van der Waals surface area (Å²) in [5, 5.41) is -2.09. The fourth-order valence-electron chi connectivity index (χ4n) is 6.05. The maximum Gasteiger partial charge on any atom is 0.254 e. The van der Waals surface area contributed by atoms with Crippen LogP contribution in [0.3, 0.4) is 0 Å². The molecule has 0 N–H and O–H groups in total. The lowest BCUT2D eigenvalue weighted by Gasteiger charge is -2.48. The molecular formula is C26H36F6OSi2. The minimum absolute atomic E-state index is 0.0126. The first-order chi connectivity index (χ1) is 16.5. The quantitative estimate of drug-likeness (QED) is 0.135. The van der Waals surface area contributed by atoms with Crippen LogP contribution in [-0.4, -0.2) is 16.4 Å². The van der Waals surface area contributed by atoms with Gasteiger partial charge in [0.25, 0.3) is 8.32 Å². The second-order valence-electron chi connectivity index (χ2n) is 10.5. The molecular weight excluding hydrogens is 498 g/mol. The highest BCUT2D eigenvalue weighted by Gasteiger charge is 2.53. The first-order valence-corrected chi connectivity index (χ1v) is 17.9. The second kappa shape index (κ2) is 10.9. The molecule has 2 aromatic rings. The Morgan fingerprint density at radius 1 is 0.800 bits per heavy atom. The molecule has 1 atom stereocenters. The molecule has 1 nitrogen and oxygen atoms in total. The molecule has 196 valence electrons. The molecule has 1 aliphatic carbocycles. The predicted octanol–water partition coefficient (Wildman–Crippen LogP) is 9.79. The molecule has 0 bridgehead atoms. The topological polar surface area (TPSA) is 9.23 Å². The molecule has 0 amide bonds. The first-order valence-electron chi connectivity index (χ1n) is 12.8. The zero-order chi connectivity index (χ0) is 26.1. The van der Waals surface area contributed by atoms with E-state index >= 15 is 13.2 Å². The van der Waals surface area contributed by atoms with Gasteiger partial charge in [0.2, 0.25) is 5.82 Å². The third kappa shape index (κ3) is 4.91. The van der Waals surface area contributed by atoms with E-state index < -0.39 is 67.8 Å². The molecule has 1 aliphatic rings. The summed E-state index contributed by atoms with van der Waals surface area (Å²) in [5.41, 5.74) is 0.921. The highest BCUT2D eigenvalue weighted by Crippen LogP contribution is 2.50. The summed E-state index contributed by atoms with van der Waals surface area (Å²) < 4.78 is 94.6. The zero-order valence-corrected chi connectivity index (χ0v) is 23.3. The highest BCUT2D eigenvalue weighted by molar-refractivity contribution is 6.96. The lowest BCUT2D eigenvalue weighted by atomic mass is 10.0. The highest BCUT2D eigenvalue weighted by atomic mass is 28.4. The summed E-state index contributed by atoms with van der Waals surface area (Å²) in [5.74, 6) is -11.3. The molecule has 1 unspecified atom stereocenters. The van der Waals surface area contributed by atoms with Crippen LogP contribution in [-0.2, 0) is 0 Å². The summed E-state index contributed by atoms with van der Waals surface area (Å²) in [4.78, 5) is 0. The molecule has 0 saturated heterocycles. The largest absolute Gasteiger partial charge is 0.539 e. The third-order valence-corrected chi connectivity index (χ3v) is 22.9. The molecule has 3 rings (SSSR count). The third-order valence-electron chi connectivity index (χ3n) is 8.68. The van der Waals surface area contributed by atoms with Crippen molar-refractivity contribution in [2.75, 3.05) is 0 Å². The van der Waals surface area contributed by atoms with E-state index in [1.807, 2.05) is 13.8 Å². The van der Waals surface area contributed by atoms with Crippen LogP contribution in [0.1, 0.15) is 66.7 Å². The maximum atomic E-state index is 15.7. The summed E-state index contributed by atoms with van der Waals surface area (Å²) in [6, 6.07) is 3.39. The van der Waals surface area contributed by atoms with Crippen LogP contribution in [0.5, 0.6) is 5.75 Å². The van der Waals surface area contributed by atoms with E-state index in [4.69, 9.17) is 4.43 Å². The molecule has 0 aliphatic heterocycles. The van der Waals surface area contributed by atoms with Crippen molar-refractivity contribution in [1.29, 1.82) is 0 Å². The Bertz CT molecular complexity index is 1060. The van der Waals surface area contributed by atoms with E-state index in [1.54, 1.807) is 0 Å². The average molecular weight is 535 g/mol. The van der Waals surface area contributed by atoms with Crippen molar-refractivity contribution >= 4 is 27.2 Å². The molecule has 1 saturated carbocycles. The van der Waals surface area contributed by atoms with Crippen molar-refractivity contribution in [2.24, 2.45) is 0 Å². The van der Waals surface area contributed by atoms with Gasteiger partial charge in [-0.25, -0.2) is 22.0 Å². The lowest BCUT2D eigenvalue weighted by molar-refractivity contribution is 0.381. The fourth-order valence-corrected chi connectivity index (χ4v) is 21.6. The Balaban J connectivity index is 2.28. The van der Waals surface area contributed by atoms with Crippen molar-refractivity contribution in [2.45, 2.75) is 102 Å². The Labute approximate surface area is 206 Å². The zero-order valence-electron chi connectivity index (χ0n) is 21.3. The van der Waals surface area contributed by atoms with Crippen LogP contribution in [0.2, 0.25) is 34.9 Å². The van der Waals surface area contributed by atoms with Gasteiger partial charge >= 0.3 is 0 Å². The lowest BCUT2D eigenvalue weighted by Crippen LogP contribution is -2.56. The van der Waals surface area contributed by atoms with E-state index in [1.165, 1.54) is 0 Å². The first kappa shape index (κ1) is 28.1. The van der Waals surface area contributed by atoms with Gasteiger partial charge in [-0.15, -0.1) is 0 Å². The van der Waals surface area contributed by atoms with Gasteiger partial charge in [0.05, 0.1) is 13.5 Å². The molecule has 35 heavy (non-hydrogen) atoms. The van der Waals surface area contributed by atoms with Crippen molar-refractivity contribution < 1.29 is 30.8 Å². The van der Waals surface area contributed by atoms with E-state index in [0.29, 0.717) is 6.07 Å². The predicted molar refractivity (Wildman–Crippen MR) is 134 cm³/mol. The van der Waals surface area contributed by atoms with E-state index in [0.717, 1.165) is 55.9 Å². The summed E-state index contributed by atoms with van der Waals surface area (Å²) in [7, 11) is -4.82. The molecule has 0 aromatic heterocycles. The number of rotatable bonds is 9. The number of benzene rings is 2. The number of fused-ring (bicyclic) bond motifs is 1. The van der Waals surface area contributed by atoms with Gasteiger partial charge in [-0.1, -0.05) is 72.0 Å². The molecule has 0 spiro atoms. The fraction of sp³-hybridized carbons (Fsp3) is 0.615. The van der Waals surface area contributed by atoms with Gasteiger partial charge in [0.15, 0.2) is 34.8 Å². The van der Waals surface area contributed by atoms with Crippen LogP contribution in [0, 0.1) is 34.9 Å². The summed E-state index contributed by atoms with van der Waals surface area (Å²) in [6.45, 7) is 10.5. The second-order valence-corrected chi connectivity index (χ2v) is 21.1. The SMILES string of the molecule is CC[Si](CC)(CC)C[Si](Oc1c(F)c(F)c2c(F)c(F)c(F)cc2c1F)(C(C)C)C1CCCCC1. The number of halogens is 6. The van der Waals surface area contributed by atoms with E-state index in [-0.39, 0.29) is 11.1 Å². The molecule has 0 radical (unpaired) electrons. The minimum Gasteiger partial charge on any atom is -0.539 e.